The molecule has 0 radical (unpaired) electrons. The van der Waals surface area contributed by atoms with Crippen molar-refractivity contribution in [3.63, 3.8) is 0 Å². The molecule has 0 saturated carbocycles. The summed E-state index contributed by atoms with van der Waals surface area (Å²) < 4.78 is 0. The Hall–Kier alpha value is -0.0831. The molecule has 0 saturated heterocycles. The molecule has 0 aromatic carbocycles. The van der Waals surface area contributed by atoms with Crippen LogP contribution in [-0.4, -0.2) is 20.5 Å². The standard InChI is InChI=1S/C6H16Si.C3H6O/c1-6(2,3)7(4)5;1-2-3-4/h7H,1-5H3;2,4H,1,3H2. The molecule has 1 N–H and O–H groups in total. The molecule has 0 amide bonds. The molecule has 0 spiro atoms. The van der Waals surface area contributed by atoms with E-state index in [1.165, 1.54) is 6.08 Å². The summed E-state index contributed by atoms with van der Waals surface area (Å²) in [6.45, 7) is 15.1. The van der Waals surface area contributed by atoms with Crippen LogP contribution in [0.3, 0.4) is 0 Å². The minimum atomic E-state index is -0.359. The summed E-state index contributed by atoms with van der Waals surface area (Å²) in [5.41, 5.74) is 0. The molecular weight excluding hydrogens is 152 g/mol. The molecular formula is C9H22OSi. The van der Waals surface area contributed by atoms with Crippen molar-refractivity contribution in [3.05, 3.63) is 12.7 Å². The lowest BCUT2D eigenvalue weighted by molar-refractivity contribution is 0.343. The Bertz CT molecular complexity index is 92.2. The fraction of sp³-hybridized carbons (Fsp3) is 0.778. The van der Waals surface area contributed by atoms with Crippen LogP contribution in [0.4, 0.5) is 0 Å². The van der Waals surface area contributed by atoms with Gasteiger partial charge in [-0.15, -0.1) is 6.58 Å². The third-order valence-corrected chi connectivity index (χ3v) is 5.33. The van der Waals surface area contributed by atoms with Gasteiger partial charge in [-0.3, -0.25) is 0 Å². The summed E-state index contributed by atoms with van der Waals surface area (Å²) in [6.07, 6.45) is 1.43. The second kappa shape index (κ2) is 6.62. The normalized spacial score (nSPS) is 10.5. The Kier molecular flexibility index (Phi) is 8.12. The van der Waals surface area contributed by atoms with Gasteiger partial charge >= 0.3 is 0 Å². The van der Waals surface area contributed by atoms with E-state index in [1.807, 2.05) is 0 Å². The molecule has 0 bridgehead atoms. The molecule has 68 valence electrons. The van der Waals surface area contributed by atoms with Crippen LogP contribution >= 0.6 is 0 Å². The Balaban J connectivity index is 0. The summed E-state index contributed by atoms with van der Waals surface area (Å²) in [6, 6.07) is 0. The van der Waals surface area contributed by atoms with E-state index in [0.29, 0.717) is 5.04 Å². The molecule has 0 atom stereocenters. The molecule has 0 aromatic rings. The second-order valence-corrected chi connectivity index (χ2v) is 8.03. The third-order valence-electron chi connectivity index (χ3n) is 1.86. The Morgan fingerprint density at radius 2 is 1.55 bits per heavy atom. The highest BCUT2D eigenvalue weighted by atomic mass is 28.3. The van der Waals surface area contributed by atoms with Crippen molar-refractivity contribution >= 4 is 8.80 Å². The molecule has 0 fully saturated rings. The molecule has 2 heteroatoms. The van der Waals surface area contributed by atoms with E-state index < -0.39 is 0 Å². The fourth-order valence-corrected chi connectivity index (χ4v) is 0. The first-order chi connectivity index (χ1) is 4.86. The van der Waals surface area contributed by atoms with E-state index in [1.54, 1.807) is 0 Å². The van der Waals surface area contributed by atoms with Crippen LogP contribution < -0.4 is 0 Å². The largest absolute Gasteiger partial charge is 0.392 e. The maximum Gasteiger partial charge on any atom is 0.0609 e. The molecule has 0 aromatic heterocycles. The number of rotatable bonds is 1. The second-order valence-electron chi connectivity index (χ2n) is 3.99. The first-order valence-electron chi connectivity index (χ1n) is 4.08. The van der Waals surface area contributed by atoms with Gasteiger partial charge in [-0.1, -0.05) is 39.9 Å². The van der Waals surface area contributed by atoms with Gasteiger partial charge in [0, 0.05) is 8.80 Å². The van der Waals surface area contributed by atoms with Gasteiger partial charge in [0.05, 0.1) is 6.61 Å². The van der Waals surface area contributed by atoms with Gasteiger partial charge in [0.1, 0.15) is 0 Å². The summed E-state index contributed by atoms with van der Waals surface area (Å²) in [5, 5.41) is 8.40. The Morgan fingerprint density at radius 3 is 1.55 bits per heavy atom. The molecule has 1 nitrogen and oxygen atoms in total. The number of hydrogen-bond donors (Lipinski definition) is 1. The van der Waals surface area contributed by atoms with Crippen LogP contribution in [0, 0.1) is 0 Å². The van der Waals surface area contributed by atoms with Crippen molar-refractivity contribution in [1.82, 2.24) is 0 Å². The van der Waals surface area contributed by atoms with Crippen LogP contribution in [0.25, 0.3) is 0 Å². The molecule has 0 aliphatic rings. The van der Waals surface area contributed by atoms with Gasteiger partial charge in [0.15, 0.2) is 0 Å². The van der Waals surface area contributed by atoms with E-state index in [2.05, 4.69) is 40.4 Å². The zero-order chi connectivity index (χ0) is 9.49. The predicted molar refractivity (Wildman–Crippen MR) is 55.9 cm³/mol. The smallest absolute Gasteiger partial charge is 0.0609 e. The quantitative estimate of drug-likeness (QED) is 0.478. The van der Waals surface area contributed by atoms with Crippen LogP contribution in [0.15, 0.2) is 12.7 Å². The lowest BCUT2D eigenvalue weighted by Gasteiger charge is -2.21. The van der Waals surface area contributed by atoms with E-state index in [-0.39, 0.29) is 15.4 Å². The molecule has 0 aliphatic carbocycles. The maximum absolute atomic E-state index is 7.76. The van der Waals surface area contributed by atoms with Crippen molar-refractivity contribution in [2.24, 2.45) is 0 Å². The highest BCUT2D eigenvalue weighted by molar-refractivity contribution is 6.59. The monoisotopic (exact) mass is 174 g/mol. The number of hydrogen-bond acceptors (Lipinski definition) is 1. The molecule has 11 heavy (non-hydrogen) atoms. The van der Waals surface area contributed by atoms with Gasteiger partial charge in [0.2, 0.25) is 0 Å². The Morgan fingerprint density at radius 1 is 1.36 bits per heavy atom. The zero-order valence-electron chi connectivity index (χ0n) is 8.52. The molecule has 0 unspecified atom stereocenters. The van der Waals surface area contributed by atoms with Crippen LogP contribution in [-0.2, 0) is 0 Å². The molecule has 0 heterocycles. The predicted octanol–water partition coefficient (Wildman–Crippen LogP) is 2.44. The lowest BCUT2D eigenvalue weighted by atomic mass is 10.2. The first-order valence-corrected chi connectivity index (χ1v) is 6.96. The third kappa shape index (κ3) is 13.0. The van der Waals surface area contributed by atoms with Crippen LogP contribution in [0.5, 0.6) is 0 Å². The van der Waals surface area contributed by atoms with Crippen molar-refractivity contribution < 1.29 is 5.11 Å². The number of aliphatic hydroxyl groups is 1. The highest BCUT2D eigenvalue weighted by Crippen LogP contribution is 2.25. The molecule has 0 rings (SSSR count). The maximum atomic E-state index is 7.76. The van der Waals surface area contributed by atoms with Gasteiger partial charge in [-0.25, -0.2) is 0 Å². The highest BCUT2D eigenvalue weighted by Gasteiger charge is 2.15. The molecule has 0 aliphatic heterocycles. The fourth-order valence-electron chi connectivity index (χ4n) is 0. The van der Waals surface area contributed by atoms with E-state index >= 15 is 0 Å². The van der Waals surface area contributed by atoms with Crippen molar-refractivity contribution in [2.75, 3.05) is 6.61 Å². The number of aliphatic hydroxyl groups excluding tert-OH is 1. The summed E-state index contributed by atoms with van der Waals surface area (Å²) in [5.74, 6) is 0. The van der Waals surface area contributed by atoms with E-state index in [4.69, 9.17) is 5.11 Å². The van der Waals surface area contributed by atoms with Crippen molar-refractivity contribution in [1.29, 1.82) is 0 Å². The average molecular weight is 174 g/mol. The minimum Gasteiger partial charge on any atom is -0.392 e. The summed E-state index contributed by atoms with van der Waals surface area (Å²) in [4.78, 5) is 0. The SMILES string of the molecule is C=CCO.C[SiH](C)C(C)(C)C. The van der Waals surface area contributed by atoms with E-state index in [9.17, 15) is 0 Å². The average Bonchev–Trinajstić information content (AvgIpc) is 1.87. The zero-order valence-corrected chi connectivity index (χ0v) is 9.67. The lowest BCUT2D eigenvalue weighted by Crippen LogP contribution is -2.16. The van der Waals surface area contributed by atoms with Crippen molar-refractivity contribution in [3.8, 4) is 0 Å². The van der Waals surface area contributed by atoms with Gasteiger partial charge in [0.25, 0.3) is 0 Å². The minimum absolute atomic E-state index is 0.0833. The van der Waals surface area contributed by atoms with Crippen LogP contribution in [0.2, 0.25) is 18.1 Å². The Labute approximate surface area is 72.7 Å². The summed E-state index contributed by atoms with van der Waals surface area (Å²) >= 11 is 0. The van der Waals surface area contributed by atoms with Gasteiger partial charge in [-0.2, -0.15) is 0 Å². The summed E-state index contributed by atoms with van der Waals surface area (Å²) in [7, 11) is -0.359. The topological polar surface area (TPSA) is 20.2 Å². The van der Waals surface area contributed by atoms with Gasteiger partial charge < -0.3 is 5.11 Å². The van der Waals surface area contributed by atoms with Crippen LogP contribution in [0.1, 0.15) is 20.8 Å². The van der Waals surface area contributed by atoms with E-state index in [0.717, 1.165) is 0 Å². The van der Waals surface area contributed by atoms with Crippen molar-refractivity contribution in [2.45, 2.75) is 38.9 Å². The first kappa shape index (κ1) is 13.5. The van der Waals surface area contributed by atoms with Gasteiger partial charge in [-0.05, 0) is 5.04 Å².